The summed E-state index contributed by atoms with van der Waals surface area (Å²) in [7, 11) is 0. The number of carboxylic acid groups (broad SMARTS) is 1. The van der Waals surface area contributed by atoms with Crippen LogP contribution in [0.2, 0.25) is 0 Å². The van der Waals surface area contributed by atoms with Crippen molar-refractivity contribution in [2.24, 2.45) is 11.8 Å². The maximum absolute atomic E-state index is 12.1. The molecule has 5 nitrogen and oxygen atoms in total. The summed E-state index contributed by atoms with van der Waals surface area (Å²) in [6.07, 6.45) is 0.719. The maximum Gasteiger partial charge on any atom is 0.325 e. The van der Waals surface area contributed by atoms with Crippen molar-refractivity contribution >= 4 is 11.8 Å². The van der Waals surface area contributed by atoms with Crippen LogP contribution in [0.1, 0.15) is 35.6 Å². The lowest BCUT2D eigenvalue weighted by Gasteiger charge is -2.25. The first-order valence-corrected chi connectivity index (χ1v) is 5.74. The molecule has 0 amide bonds. The van der Waals surface area contributed by atoms with E-state index < -0.39 is 5.97 Å². The lowest BCUT2D eigenvalue weighted by atomic mass is 9.79. The summed E-state index contributed by atoms with van der Waals surface area (Å²) < 4.78 is 1.45. The molecule has 0 saturated carbocycles. The number of fused-ring (bicyclic) bond motifs is 1. The van der Waals surface area contributed by atoms with Gasteiger partial charge in [0.2, 0.25) is 0 Å². The third-order valence-electron chi connectivity index (χ3n) is 3.55. The second kappa shape index (κ2) is 3.98. The summed E-state index contributed by atoms with van der Waals surface area (Å²) in [6.45, 7) is 5.52. The predicted octanol–water partition coefficient (Wildman–Crippen LogP) is 1.29. The Bertz CT molecular complexity index is 490. The highest BCUT2D eigenvalue weighted by Crippen LogP contribution is 2.31. The van der Waals surface area contributed by atoms with E-state index >= 15 is 0 Å². The molecule has 2 unspecified atom stereocenters. The minimum absolute atomic E-state index is 0.0105. The van der Waals surface area contributed by atoms with Crippen LogP contribution in [0.3, 0.4) is 0 Å². The van der Waals surface area contributed by atoms with Crippen LogP contribution in [0, 0.1) is 18.8 Å². The molecule has 0 aliphatic heterocycles. The Labute approximate surface area is 99.4 Å². The molecule has 2 rings (SSSR count). The van der Waals surface area contributed by atoms with Gasteiger partial charge in [0.1, 0.15) is 6.54 Å². The van der Waals surface area contributed by atoms with Crippen molar-refractivity contribution in [1.82, 2.24) is 9.78 Å². The molecule has 17 heavy (non-hydrogen) atoms. The number of ketones is 1. The molecule has 2 atom stereocenters. The molecule has 92 valence electrons. The molecule has 0 aromatic carbocycles. The number of aromatic nitrogens is 2. The van der Waals surface area contributed by atoms with E-state index in [4.69, 9.17) is 5.11 Å². The zero-order valence-corrected chi connectivity index (χ0v) is 10.2. The van der Waals surface area contributed by atoms with Crippen LogP contribution in [-0.2, 0) is 17.8 Å². The zero-order valence-electron chi connectivity index (χ0n) is 10.2. The van der Waals surface area contributed by atoms with E-state index in [0.29, 0.717) is 11.3 Å². The normalized spacial score (nSPS) is 23.6. The van der Waals surface area contributed by atoms with Gasteiger partial charge in [-0.05, 0) is 19.3 Å². The van der Waals surface area contributed by atoms with Crippen molar-refractivity contribution in [3.63, 3.8) is 0 Å². The van der Waals surface area contributed by atoms with Crippen LogP contribution < -0.4 is 0 Å². The Kier molecular flexibility index (Phi) is 2.77. The molecular weight excluding hydrogens is 220 g/mol. The van der Waals surface area contributed by atoms with Crippen LogP contribution >= 0.6 is 0 Å². The Morgan fingerprint density at radius 3 is 2.76 bits per heavy atom. The van der Waals surface area contributed by atoms with Crippen molar-refractivity contribution in [2.45, 2.75) is 33.7 Å². The molecule has 1 aliphatic rings. The number of rotatable bonds is 2. The van der Waals surface area contributed by atoms with Gasteiger partial charge in [-0.1, -0.05) is 13.8 Å². The summed E-state index contributed by atoms with van der Waals surface area (Å²) >= 11 is 0. The van der Waals surface area contributed by atoms with E-state index in [0.717, 1.165) is 12.1 Å². The number of hydrogen-bond donors (Lipinski definition) is 1. The molecule has 1 N–H and O–H groups in total. The number of nitrogens with zero attached hydrogens (tertiary/aromatic N) is 2. The summed E-state index contributed by atoms with van der Waals surface area (Å²) in [5.74, 6) is -0.621. The van der Waals surface area contributed by atoms with E-state index in [-0.39, 0.29) is 24.2 Å². The SMILES string of the molecule is Cc1nn(CC(=O)O)c2c1C(=O)C(C)C(C)C2. The number of Topliss-reactive ketones (excluding diaryl/α,β-unsaturated/α-hetero) is 1. The predicted molar refractivity (Wildman–Crippen MR) is 61.0 cm³/mol. The van der Waals surface area contributed by atoms with Crippen LogP contribution in [0.15, 0.2) is 0 Å². The highest BCUT2D eigenvalue weighted by atomic mass is 16.4. The Hall–Kier alpha value is -1.65. The summed E-state index contributed by atoms with van der Waals surface area (Å²) in [6, 6.07) is 0. The van der Waals surface area contributed by atoms with Gasteiger partial charge in [0, 0.05) is 5.92 Å². The average Bonchev–Trinajstić information content (AvgIpc) is 2.51. The fourth-order valence-electron chi connectivity index (χ4n) is 2.38. The van der Waals surface area contributed by atoms with E-state index in [1.54, 1.807) is 6.92 Å². The lowest BCUT2D eigenvalue weighted by Crippen LogP contribution is -2.29. The highest BCUT2D eigenvalue weighted by molar-refractivity contribution is 6.00. The first-order valence-electron chi connectivity index (χ1n) is 5.74. The van der Waals surface area contributed by atoms with Crippen LogP contribution in [-0.4, -0.2) is 26.6 Å². The molecule has 1 aromatic rings. The van der Waals surface area contributed by atoms with Gasteiger partial charge in [-0.3, -0.25) is 14.3 Å². The van der Waals surface area contributed by atoms with Crippen LogP contribution in [0.5, 0.6) is 0 Å². The number of hydrogen-bond acceptors (Lipinski definition) is 3. The highest BCUT2D eigenvalue weighted by Gasteiger charge is 2.34. The molecule has 0 saturated heterocycles. The second-order valence-electron chi connectivity index (χ2n) is 4.79. The zero-order chi connectivity index (χ0) is 12.7. The largest absolute Gasteiger partial charge is 0.480 e. The summed E-state index contributed by atoms with van der Waals surface area (Å²) in [5, 5.41) is 13.0. The Balaban J connectivity index is 2.49. The molecule has 1 aromatic heterocycles. The van der Waals surface area contributed by atoms with E-state index in [2.05, 4.69) is 5.10 Å². The number of carbonyl (C=O) groups is 2. The summed E-state index contributed by atoms with van der Waals surface area (Å²) in [4.78, 5) is 22.9. The topological polar surface area (TPSA) is 72.2 Å². The monoisotopic (exact) mass is 236 g/mol. The summed E-state index contributed by atoms with van der Waals surface area (Å²) in [5.41, 5.74) is 2.06. The average molecular weight is 236 g/mol. The van der Waals surface area contributed by atoms with Gasteiger partial charge in [-0.25, -0.2) is 0 Å². The van der Waals surface area contributed by atoms with Gasteiger partial charge in [0.25, 0.3) is 0 Å². The molecule has 1 heterocycles. The third-order valence-corrected chi connectivity index (χ3v) is 3.55. The molecule has 0 bridgehead atoms. The third kappa shape index (κ3) is 1.85. The minimum Gasteiger partial charge on any atom is -0.480 e. The van der Waals surface area contributed by atoms with Crippen molar-refractivity contribution in [3.05, 3.63) is 17.0 Å². The lowest BCUT2D eigenvalue weighted by molar-refractivity contribution is -0.137. The first-order chi connectivity index (χ1) is 7.91. The Morgan fingerprint density at radius 2 is 2.18 bits per heavy atom. The van der Waals surface area contributed by atoms with E-state index in [1.165, 1.54) is 4.68 Å². The van der Waals surface area contributed by atoms with Crippen LogP contribution in [0.4, 0.5) is 0 Å². The standard InChI is InChI=1S/C12H16N2O3/c1-6-4-9-11(12(17)7(6)2)8(3)13-14(9)5-10(15)16/h6-7H,4-5H2,1-3H3,(H,15,16). The van der Waals surface area contributed by atoms with E-state index in [9.17, 15) is 9.59 Å². The molecular formula is C12H16N2O3. The fourth-order valence-corrected chi connectivity index (χ4v) is 2.38. The molecule has 0 radical (unpaired) electrons. The van der Waals surface area contributed by atoms with Gasteiger partial charge in [-0.15, -0.1) is 0 Å². The van der Waals surface area contributed by atoms with E-state index in [1.807, 2.05) is 13.8 Å². The number of aliphatic carboxylic acids is 1. The van der Waals surface area contributed by atoms with Gasteiger partial charge in [-0.2, -0.15) is 5.10 Å². The van der Waals surface area contributed by atoms with Crippen molar-refractivity contribution in [3.8, 4) is 0 Å². The van der Waals surface area contributed by atoms with Crippen molar-refractivity contribution in [1.29, 1.82) is 0 Å². The number of aryl methyl sites for hydroxylation is 1. The van der Waals surface area contributed by atoms with Crippen LogP contribution in [0.25, 0.3) is 0 Å². The fraction of sp³-hybridized carbons (Fsp3) is 0.583. The van der Waals surface area contributed by atoms with Gasteiger partial charge >= 0.3 is 5.97 Å². The first kappa shape index (κ1) is 11.8. The molecule has 5 heteroatoms. The van der Waals surface area contributed by atoms with Crippen molar-refractivity contribution in [2.75, 3.05) is 0 Å². The van der Waals surface area contributed by atoms with Gasteiger partial charge < -0.3 is 5.11 Å². The number of carbonyl (C=O) groups excluding carboxylic acids is 1. The van der Waals surface area contributed by atoms with Crippen molar-refractivity contribution < 1.29 is 14.7 Å². The van der Waals surface area contributed by atoms with Gasteiger partial charge in [0.05, 0.1) is 17.0 Å². The maximum atomic E-state index is 12.1. The molecule has 0 spiro atoms. The molecule has 1 aliphatic carbocycles. The number of carboxylic acids is 1. The second-order valence-corrected chi connectivity index (χ2v) is 4.79. The Morgan fingerprint density at radius 1 is 1.53 bits per heavy atom. The quantitative estimate of drug-likeness (QED) is 0.839. The molecule has 0 fully saturated rings. The smallest absolute Gasteiger partial charge is 0.325 e. The van der Waals surface area contributed by atoms with Gasteiger partial charge in [0.15, 0.2) is 5.78 Å². The minimum atomic E-state index is -0.936.